The maximum Gasteiger partial charge on any atom is 0.345 e. The molecule has 5 atom stereocenters. The molecule has 0 aliphatic heterocycles. The largest absolute Gasteiger partial charge is 0.748 e. The average molecular weight is 2020 g/mol. The van der Waals surface area contributed by atoms with Crippen molar-refractivity contribution in [1.82, 2.24) is 10.6 Å². The number of aliphatic hydroxyl groups excluding tert-OH is 1. The summed E-state index contributed by atoms with van der Waals surface area (Å²) in [6.45, 7) is 14.2. The van der Waals surface area contributed by atoms with Crippen molar-refractivity contribution in [2.24, 2.45) is 22.4 Å². The Bertz CT molecular complexity index is 4180. The van der Waals surface area contributed by atoms with Crippen LogP contribution in [0.3, 0.4) is 0 Å². The molecule has 2 saturated carbocycles. The van der Waals surface area contributed by atoms with Crippen LogP contribution in [0.1, 0.15) is 94.3 Å². The molecule has 798 valence electrons. The summed E-state index contributed by atoms with van der Waals surface area (Å²) >= 11 is 0. The summed E-state index contributed by atoms with van der Waals surface area (Å²) in [5.74, 6) is -0.503. The topological polar surface area (TPSA) is 437 Å². The van der Waals surface area contributed by atoms with Crippen molar-refractivity contribution in [1.29, 1.82) is 0 Å². The van der Waals surface area contributed by atoms with Crippen molar-refractivity contribution < 1.29 is 174 Å². The van der Waals surface area contributed by atoms with E-state index in [-0.39, 0.29) is 235 Å². The van der Waals surface area contributed by atoms with Crippen LogP contribution in [0.4, 0.5) is 0 Å². The first kappa shape index (κ1) is 119. The molecule has 3 aliphatic carbocycles. The number of carbonyl (C=O) groups is 3. The van der Waals surface area contributed by atoms with Gasteiger partial charge < -0.3 is 158 Å². The first-order valence-electron chi connectivity index (χ1n) is 48.6. The van der Waals surface area contributed by atoms with E-state index in [1.54, 1.807) is 124 Å². The third-order valence-corrected chi connectivity index (χ3v) is 24.7. The van der Waals surface area contributed by atoms with Gasteiger partial charge in [0.05, 0.1) is 289 Å². The quantitative estimate of drug-likeness (QED) is 0.00719. The molecule has 3 N–H and O–H groups in total. The fraction of sp³-hybridized carbons (Fsp3) is 0.710. The number of hydrogen-bond donors (Lipinski definition) is 3. The molecule has 0 saturated heterocycles. The third-order valence-electron chi connectivity index (χ3n) is 24.0. The number of amides is 2. The Kier molecular flexibility index (Phi) is 59.0. The second kappa shape index (κ2) is 69.9. The molecule has 2 fully saturated rings. The fourth-order valence-electron chi connectivity index (χ4n) is 16.8. The van der Waals surface area contributed by atoms with Crippen molar-refractivity contribution in [3.05, 3.63) is 106 Å². The number of hydrogen-bond acceptors (Lipinski definition) is 37. The Hall–Kier alpha value is -7.10. The number of methoxy groups -OCH3 is 8. The van der Waals surface area contributed by atoms with Gasteiger partial charge in [0, 0.05) is 105 Å². The smallest absolute Gasteiger partial charge is 0.345 e. The number of nitrogens with one attached hydrogen (secondary N) is 2. The summed E-state index contributed by atoms with van der Waals surface area (Å²) in [7, 11) is 7.84. The highest BCUT2D eigenvalue weighted by Gasteiger charge is 2.55. The van der Waals surface area contributed by atoms with Crippen LogP contribution in [-0.4, -0.2) is 418 Å². The fourth-order valence-corrected chi connectivity index (χ4v) is 17.3. The van der Waals surface area contributed by atoms with Crippen molar-refractivity contribution in [2.75, 3.05) is 333 Å². The van der Waals surface area contributed by atoms with E-state index in [0.29, 0.717) is 146 Å². The molecule has 0 bridgehead atoms. The average Bonchev–Trinajstić information content (AvgIpc) is 1.71. The second-order valence-electron chi connectivity index (χ2n) is 34.5. The molecule has 4 aromatic carbocycles. The van der Waals surface area contributed by atoms with E-state index < -0.39 is 64.4 Å². The van der Waals surface area contributed by atoms with Gasteiger partial charge in [0.25, 0.3) is 11.8 Å². The van der Waals surface area contributed by atoms with E-state index >= 15 is 4.79 Å². The first-order chi connectivity index (χ1) is 68.7. The maximum absolute atomic E-state index is 16.1. The van der Waals surface area contributed by atoms with Crippen molar-refractivity contribution in [3.63, 3.8) is 0 Å². The van der Waals surface area contributed by atoms with E-state index in [4.69, 9.17) is 137 Å². The van der Waals surface area contributed by atoms with E-state index in [9.17, 15) is 27.7 Å². The van der Waals surface area contributed by atoms with Gasteiger partial charge in [-0.1, -0.05) is 36.3 Å². The molecule has 5 unspecified atom stereocenters. The van der Waals surface area contributed by atoms with Gasteiger partial charge in [-0.3, -0.25) is 9.59 Å². The Balaban J connectivity index is 0.958. The summed E-state index contributed by atoms with van der Waals surface area (Å²) in [4.78, 5) is 48.4. The third kappa shape index (κ3) is 43.8. The highest BCUT2D eigenvalue weighted by atomic mass is 32.2. The van der Waals surface area contributed by atoms with E-state index in [2.05, 4.69) is 40.9 Å². The summed E-state index contributed by atoms with van der Waals surface area (Å²) < 4.78 is 204. The van der Waals surface area contributed by atoms with Crippen LogP contribution >= 0.6 is 0 Å². The Morgan fingerprint density at radius 3 is 1.25 bits per heavy atom. The number of aromatic nitrogens is 1. The number of ether oxygens (including phenoxy) is 28. The van der Waals surface area contributed by atoms with Crippen molar-refractivity contribution in [3.8, 4) is 17.2 Å². The SMILES string of the molecule is COCCOCC(COCCOC)OCC(COC(COCCOC)COCCOC)Oc1ccc2c(c1)c(C(=O)Oc1c(C)cc(C(=O)NCCOCCOCCOCCOCCOCCNC(=O)CON=C3CC4C(CCC5(C)C(O)CCC45)c4ccccc43)cc1C)c1cc(OC(COC(COCCOC)COCCOC)COC(COCCOC)COCCOC)ccc1[n+]2CCCS(=O)(=O)[O-]. The van der Waals surface area contributed by atoms with Gasteiger partial charge >= 0.3 is 5.97 Å². The summed E-state index contributed by atoms with van der Waals surface area (Å²) in [5, 5.41) is 21.6. The van der Waals surface area contributed by atoms with Crippen LogP contribution in [0.15, 0.2) is 78.0 Å². The lowest BCUT2D eigenvalue weighted by atomic mass is 9.55. The summed E-state index contributed by atoms with van der Waals surface area (Å²) in [5.41, 5.74) is 5.09. The molecular weight excluding hydrogens is 1870 g/mol. The van der Waals surface area contributed by atoms with Crippen LogP contribution in [0.2, 0.25) is 0 Å². The standard InChI is InChI=1S/C100H156N4O36S/c1-73-55-75(98(107)102-26-29-121-47-49-123-51-53-124-52-50-122-48-46-120-28-25-101-95(106)72-137-103-91-59-87-85(84-15-12-13-16-86(84)91)23-24-100(3)90(87)19-22-94(100)105)56-74(2)97(73)140-99(108)96-88-57-76(138-82(68-133-78(60-125-38-30-112-4)61-126-39-31-113-5)69-134-79(62-127-40-32-114-6)63-128-41-33-115-7)17-20-92(88)104(27-14-54-141(109,110)111)93-21-18-77(58-89(93)96)139-83(70-135-80(64-129-42-34-116-8)65-130-43-35-117-9)71-136-81(66-131-44-36-118-10)67-132-45-37-119-11/h12-13,15-18,20-21,55-58,78-83,85,87,90,94,105H,14,19,22-54,59-72H2,1-11H3,(H2-,101,102,106,107,109,110,111). The number of aliphatic hydroxyl groups is 1. The number of nitrogens with zero attached hydrogens (tertiary/aromatic N) is 2. The van der Waals surface area contributed by atoms with Gasteiger partial charge in [0.15, 0.2) is 13.2 Å². The predicted molar refractivity (Wildman–Crippen MR) is 516 cm³/mol. The zero-order valence-electron chi connectivity index (χ0n) is 84.4. The van der Waals surface area contributed by atoms with Crippen LogP contribution in [0.25, 0.3) is 21.8 Å². The van der Waals surface area contributed by atoms with Crippen molar-refractivity contribution >= 4 is 55.4 Å². The highest BCUT2D eigenvalue weighted by Crippen LogP contribution is 2.61. The number of aryl methyl sites for hydroxylation is 3. The molecule has 8 rings (SSSR count). The highest BCUT2D eigenvalue weighted by molar-refractivity contribution is 7.85. The van der Waals surface area contributed by atoms with E-state index in [0.717, 1.165) is 43.4 Å². The number of pyridine rings is 1. The number of fused-ring (bicyclic) bond motifs is 7. The number of carbonyl (C=O) groups excluding carboxylic acids is 3. The molecule has 0 radical (unpaired) electrons. The molecule has 1 aromatic heterocycles. The van der Waals surface area contributed by atoms with Crippen LogP contribution in [0, 0.1) is 31.1 Å². The maximum atomic E-state index is 16.1. The minimum atomic E-state index is -4.74. The molecule has 2 amide bonds. The number of esters is 1. The molecular formula is C100H156N4O36S. The molecule has 141 heavy (non-hydrogen) atoms. The zero-order chi connectivity index (χ0) is 101. The monoisotopic (exact) mass is 2020 g/mol. The Morgan fingerprint density at radius 2 is 0.851 bits per heavy atom. The first-order valence-corrected chi connectivity index (χ1v) is 50.2. The molecule has 41 heteroatoms. The zero-order valence-corrected chi connectivity index (χ0v) is 85.2. The molecule has 5 aromatic rings. The molecule has 40 nitrogen and oxygen atoms in total. The lowest BCUT2D eigenvalue weighted by Gasteiger charge is -2.50. The Labute approximate surface area is 830 Å². The predicted octanol–water partition coefficient (Wildman–Crippen LogP) is 6.42. The van der Waals surface area contributed by atoms with Gasteiger partial charge in [0.1, 0.15) is 53.9 Å². The van der Waals surface area contributed by atoms with Gasteiger partial charge in [0.2, 0.25) is 11.0 Å². The summed E-state index contributed by atoms with van der Waals surface area (Å²) in [6, 6.07) is 21.7. The van der Waals surface area contributed by atoms with Gasteiger partial charge in [-0.2, -0.15) is 4.57 Å². The molecule has 3 aliphatic rings. The second-order valence-corrected chi connectivity index (χ2v) is 36.0. The number of benzene rings is 4. The van der Waals surface area contributed by atoms with Gasteiger partial charge in [-0.15, -0.1) is 0 Å². The lowest BCUT2D eigenvalue weighted by Crippen LogP contribution is -2.45. The molecule has 1 heterocycles. The minimum Gasteiger partial charge on any atom is -0.748 e. The van der Waals surface area contributed by atoms with E-state index in [1.165, 1.54) is 5.56 Å². The van der Waals surface area contributed by atoms with Gasteiger partial charge in [-0.25, -0.2) is 13.2 Å². The van der Waals surface area contributed by atoms with Crippen LogP contribution < -0.4 is 29.4 Å². The number of rotatable bonds is 84. The van der Waals surface area contributed by atoms with Crippen LogP contribution in [-0.2, 0) is 145 Å². The van der Waals surface area contributed by atoms with E-state index in [1.807, 2.05) is 6.07 Å². The van der Waals surface area contributed by atoms with Gasteiger partial charge in [-0.05, 0) is 122 Å². The normalized spacial score (nSPS) is 16.8. The minimum absolute atomic E-state index is 0.00594. The van der Waals surface area contributed by atoms with Crippen molar-refractivity contribution in [2.45, 2.75) is 114 Å². The van der Waals surface area contributed by atoms with Crippen LogP contribution in [0.5, 0.6) is 17.2 Å². The Morgan fingerprint density at radius 1 is 0.468 bits per heavy atom. The lowest BCUT2D eigenvalue weighted by molar-refractivity contribution is -0.645. The number of oxime groups is 1. The summed E-state index contributed by atoms with van der Waals surface area (Å²) in [6.07, 6.45) is -0.0897. The molecule has 0 spiro atoms.